The van der Waals surface area contributed by atoms with Crippen LogP contribution in [0.25, 0.3) is 5.65 Å². The lowest BCUT2D eigenvalue weighted by Gasteiger charge is -2.30. The van der Waals surface area contributed by atoms with E-state index in [2.05, 4.69) is 43.1 Å². The number of esters is 1. The summed E-state index contributed by atoms with van der Waals surface area (Å²) >= 11 is 6.57. The third-order valence-corrected chi connectivity index (χ3v) is 5.42. The van der Waals surface area contributed by atoms with Crippen LogP contribution in [0.1, 0.15) is 56.1 Å². The Kier molecular flexibility index (Phi) is 6.31. The molecular weight excluding hydrogens is 407 g/mol. The molecule has 1 N–H and O–H groups in total. The summed E-state index contributed by atoms with van der Waals surface area (Å²) in [6.45, 7) is 10.4. The zero-order valence-electron chi connectivity index (χ0n) is 17.8. The summed E-state index contributed by atoms with van der Waals surface area (Å²) < 4.78 is 20.4. The first-order valence-electron chi connectivity index (χ1n) is 9.86. The highest BCUT2D eigenvalue weighted by atomic mass is 35.5. The average Bonchev–Trinajstić information content (AvgIpc) is 3.07. The maximum Gasteiger partial charge on any atom is 0.343 e. The van der Waals surface area contributed by atoms with E-state index in [9.17, 15) is 9.18 Å². The number of carbonyl (C=O) groups excluding carboxylic acids is 1. The molecule has 160 valence electrons. The molecule has 6 nitrogen and oxygen atoms in total. The van der Waals surface area contributed by atoms with Gasteiger partial charge in [-0.2, -0.15) is 9.61 Å². The molecular formula is C22H26ClFN4O2. The fourth-order valence-electron chi connectivity index (χ4n) is 2.93. The summed E-state index contributed by atoms with van der Waals surface area (Å²) in [5.41, 5.74) is 1.91. The predicted octanol–water partition coefficient (Wildman–Crippen LogP) is 5.14. The molecule has 1 atom stereocenters. The number of hydrogen-bond acceptors (Lipinski definition) is 5. The Morgan fingerprint density at radius 1 is 1.37 bits per heavy atom. The normalized spacial score (nSPS) is 12.8. The van der Waals surface area contributed by atoms with E-state index >= 15 is 0 Å². The Morgan fingerprint density at radius 2 is 2.10 bits per heavy atom. The van der Waals surface area contributed by atoms with Crippen molar-refractivity contribution in [1.29, 1.82) is 0 Å². The van der Waals surface area contributed by atoms with Crippen LogP contribution in [0.15, 0.2) is 30.5 Å². The van der Waals surface area contributed by atoms with E-state index < -0.39 is 5.97 Å². The van der Waals surface area contributed by atoms with Crippen molar-refractivity contribution in [3.05, 3.63) is 58.1 Å². The number of anilines is 1. The molecule has 0 amide bonds. The molecule has 0 bridgehead atoms. The molecule has 8 heteroatoms. The Morgan fingerprint density at radius 3 is 2.73 bits per heavy atom. The van der Waals surface area contributed by atoms with E-state index in [0.717, 1.165) is 5.56 Å². The molecule has 3 aromatic rings. The van der Waals surface area contributed by atoms with Crippen LogP contribution < -0.4 is 5.32 Å². The van der Waals surface area contributed by atoms with Gasteiger partial charge < -0.3 is 10.1 Å². The highest BCUT2D eigenvalue weighted by Crippen LogP contribution is 2.31. The summed E-state index contributed by atoms with van der Waals surface area (Å²) in [6, 6.07) is 6.38. The van der Waals surface area contributed by atoms with Crippen molar-refractivity contribution in [3.8, 4) is 0 Å². The number of halogens is 2. The molecule has 0 saturated carbocycles. The minimum atomic E-state index is -0.510. The van der Waals surface area contributed by atoms with Crippen molar-refractivity contribution in [2.45, 2.75) is 47.1 Å². The number of hydrogen-bond donors (Lipinski definition) is 1. The Balaban J connectivity index is 2.17. The third kappa shape index (κ3) is 4.56. The first-order chi connectivity index (χ1) is 14.1. The van der Waals surface area contributed by atoms with Crippen LogP contribution in [-0.2, 0) is 11.2 Å². The minimum Gasteiger partial charge on any atom is -0.462 e. The van der Waals surface area contributed by atoms with Crippen LogP contribution in [0, 0.1) is 11.2 Å². The van der Waals surface area contributed by atoms with Crippen LogP contribution >= 0.6 is 11.6 Å². The van der Waals surface area contributed by atoms with Crippen molar-refractivity contribution in [2.24, 2.45) is 5.41 Å². The molecule has 0 saturated heterocycles. The molecule has 2 aromatic heterocycles. The van der Waals surface area contributed by atoms with Gasteiger partial charge in [0.05, 0.1) is 12.8 Å². The van der Waals surface area contributed by atoms with Crippen LogP contribution in [0.2, 0.25) is 5.15 Å². The van der Waals surface area contributed by atoms with Crippen LogP contribution in [0.5, 0.6) is 0 Å². The van der Waals surface area contributed by atoms with Gasteiger partial charge in [-0.25, -0.2) is 14.2 Å². The maximum absolute atomic E-state index is 13.7. The number of nitrogens with one attached hydrogen (secondary N) is 1. The average molecular weight is 433 g/mol. The van der Waals surface area contributed by atoms with E-state index in [1.54, 1.807) is 17.5 Å². The second kappa shape index (κ2) is 8.60. The molecule has 1 aromatic carbocycles. The van der Waals surface area contributed by atoms with Crippen molar-refractivity contribution in [1.82, 2.24) is 14.6 Å². The number of rotatable bonds is 6. The van der Waals surface area contributed by atoms with E-state index in [1.807, 2.05) is 6.07 Å². The number of benzene rings is 1. The fraction of sp³-hybridized carbons (Fsp3) is 0.409. The topological polar surface area (TPSA) is 68.5 Å². The van der Waals surface area contributed by atoms with Gasteiger partial charge >= 0.3 is 5.97 Å². The molecule has 2 heterocycles. The number of nitrogens with zero attached hydrogens (tertiary/aromatic N) is 3. The summed E-state index contributed by atoms with van der Waals surface area (Å²) in [6.07, 6.45) is 1.78. The number of carbonyl (C=O) groups is 1. The van der Waals surface area contributed by atoms with Gasteiger partial charge in [-0.15, -0.1) is 0 Å². The van der Waals surface area contributed by atoms with Gasteiger partial charge in [-0.05, 0) is 37.0 Å². The molecule has 0 fully saturated rings. The quantitative estimate of drug-likeness (QED) is 0.431. The van der Waals surface area contributed by atoms with Crippen molar-refractivity contribution in [2.75, 3.05) is 11.9 Å². The standard InChI is InChI=1S/C22H26ClFN4O2/c1-6-30-21(29)17-12-25-28-19(26-13(2)22(3,4)5)16(18(23)27-20(17)28)11-14-8-7-9-15(24)10-14/h7-10,12-13,26H,6,11H2,1-5H3/t13-/m1/s1. The number of fused-ring (bicyclic) bond motifs is 1. The van der Waals surface area contributed by atoms with Gasteiger partial charge in [-0.3, -0.25) is 0 Å². The van der Waals surface area contributed by atoms with E-state index in [0.29, 0.717) is 23.4 Å². The zero-order chi connectivity index (χ0) is 22.1. The lowest BCUT2D eigenvalue weighted by molar-refractivity contribution is 0.0528. The third-order valence-electron chi connectivity index (χ3n) is 5.11. The summed E-state index contributed by atoms with van der Waals surface area (Å²) in [7, 11) is 0. The summed E-state index contributed by atoms with van der Waals surface area (Å²) in [4.78, 5) is 16.7. The summed E-state index contributed by atoms with van der Waals surface area (Å²) in [5.74, 6) is -0.213. The SMILES string of the molecule is CCOC(=O)c1cnn2c(N[C@H](C)C(C)(C)C)c(Cc3cccc(F)c3)c(Cl)nc12. The van der Waals surface area contributed by atoms with Gasteiger partial charge in [0.25, 0.3) is 0 Å². The van der Waals surface area contributed by atoms with Gasteiger partial charge in [0, 0.05) is 18.0 Å². The Labute approximate surface area is 180 Å². The molecule has 0 radical (unpaired) electrons. The Hall–Kier alpha value is -2.67. The molecule has 30 heavy (non-hydrogen) atoms. The van der Waals surface area contributed by atoms with Gasteiger partial charge in [0.2, 0.25) is 0 Å². The smallest absolute Gasteiger partial charge is 0.343 e. The van der Waals surface area contributed by atoms with E-state index in [-0.39, 0.29) is 34.6 Å². The van der Waals surface area contributed by atoms with Crippen LogP contribution in [0.3, 0.4) is 0 Å². The molecule has 3 rings (SSSR count). The lowest BCUT2D eigenvalue weighted by atomic mass is 9.88. The molecule has 0 spiro atoms. The molecule has 0 aliphatic heterocycles. The largest absolute Gasteiger partial charge is 0.462 e. The molecule has 0 unspecified atom stereocenters. The highest BCUT2D eigenvalue weighted by molar-refractivity contribution is 6.30. The van der Waals surface area contributed by atoms with Crippen LogP contribution in [0.4, 0.5) is 10.2 Å². The first-order valence-corrected chi connectivity index (χ1v) is 10.2. The lowest BCUT2D eigenvalue weighted by Crippen LogP contribution is -2.32. The van der Waals surface area contributed by atoms with Crippen molar-refractivity contribution >= 4 is 29.0 Å². The van der Waals surface area contributed by atoms with Gasteiger partial charge in [0.15, 0.2) is 5.65 Å². The first kappa shape index (κ1) is 22.0. The zero-order valence-corrected chi connectivity index (χ0v) is 18.5. The monoisotopic (exact) mass is 432 g/mol. The van der Waals surface area contributed by atoms with Crippen molar-refractivity contribution < 1.29 is 13.9 Å². The fourth-order valence-corrected chi connectivity index (χ4v) is 3.17. The maximum atomic E-state index is 13.7. The predicted molar refractivity (Wildman–Crippen MR) is 116 cm³/mol. The number of aromatic nitrogens is 3. The summed E-state index contributed by atoms with van der Waals surface area (Å²) in [5, 5.41) is 8.08. The highest BCUT2D eigenvalue weighted by Gasteiger charge is 2.26. The van der Waals surface area contributed by atoms with Crippen LogP contribution in [-0.4, -0.2) is 33.2 Å². The second-order valence-corrected chi connectivity index (χ2v) is 8.64. The minimum absolute atomic E-state index is 0.0423. The molecule has 0 aliphatic rings. The number of ether oxygens (including phenoxy) is 1. The molecule has 0 aliphatic carbocycles. The van der Waals surface area contributed by atoms with E-state index in [4.69, 9.17) is 16.3 Å². The Bertz CT molecular complexity index is 1070. The van der Waals surface area contributed by atoms with Crippen molar-refractivity contribution in [3.63, 3.8) is 0 Å². The van der Waals surface area contributed by atoms with Gasteiger partial charge in [-0.1, -0.05) is 44.5 Å². The van der Waals surface area contributed by atoms with E-state index in [1.165, 1.54) is 18.3 Å². The van der Waals surface area contributed by atoms with Gasteiger partial charge in [0.1, 0.15) is 22.4 Å². The second-order valence-electron chi connectivity index (χ2n) is 8.28.